The van der Waals surface area contributed by atoms with Gasteiger partial charge in [-0.1, -0.05) is 0 Å². The number of pyridine rings is 1. The van der Waals surface area contributed by atoms with E-state index in [2.05, 4.69) is 9.72 Å². The summed E-state index contributed by atoms with van der Waals surface area (Å²) >= 11 is 0. The van der Waals surface area contributed by atoms with Crippen LogP contribution in [0.4, 0.5) is 23.2 Å². The molecule has 0 aromatic carbocycles. The molecule has 0 radical (unpaired) electrons. The van der Waals surface area contributed by atoms with E-state index in [1.54, 1.807) is 0 Å². The van der Waals surface area contributed by atoms with E-state index in [1.165, 1.54) is 0 Å². The zero-order valence-electron chi connectivity index (χ0n) is 8.42. The highest BCUT2D eigenvalue weighted by atomic mass is 19.4. The summed E-state index contributed by atoms with van der Waals surface area (Å²) in [7, 11) is 0. The van der Waals surface area contributed by atoms with Crippen LogP contribution >= 0.6 is 0 Å². The zero-order chi connectivity index (χ0) is 13.2. The van der Waals surface area contributed by atoms with Gasteiger partial charge in [0, 0.05) is 5.56 Å². The smallest absolute Gasteiger partial charge is 0.388 e. The van der Waals surface area contributed by atoms with Crippen LogP contribution in [0.3, 0.4) is 0 Å². The maximum atomic E-state index is 12.6. The average molecular weight is 254 g/mol. The summed E-state index contributed by atoms with van der Waals surface area (Å²) in [5, 5.41) is 10.5. The standard InChI is InChI=1S/C8H6F4N2O3/c1-4-5(2-9)6(14(15)16)3-13-7(4)17-8(10,11)12/h3H,2H2,1H3. The van der Waals surface area contributed by atoms with Gasteiger partial charge in [0.2, 0.25) is 5.88 Å². The minimum Gasteiger partial charge on any atom is -0.388 e. The van der Waals surface area contributed by atoms with Gasteiger partial charge in [-0.05, 0) is 6.92 Å². The van der Waals surface area contributed by atoms with Crippen molar-refractivity contribution in [3.8, 4) is 5.88 Å². The molecule has 1 heterocycles. The van der Waals surface area contributed by atoms with Crippen LogP contribution in [0.15, 0.2) is 6.20 Å². The SMILES string of the molecule is Cc1c(OC(F)(F)F)ncc([N+](=O)[O-])c1CF. The predicted molar refractivity (Wildman–Crippen MR) is 47.1 cm³/mol. The number of nitrogens with zero attached hydrogens (tertiary/aromatic N) is 2. The second kappa shape index (κ2) is 4.52. The molecule has 5 nitrogen and oxygen atoms in total. The van der Waals surface area contributed by atoms with Crippen molar-refractivity contribution in [2.75, 3.05) is 0 Å². The molecule has 1 rings (SSSR count). The Morgan fingerprint density at radius 1 is 1.53 bits per heavy atom. The van der Waals surface area contributed by atoms with Gasteiger partial charge >= 0.3 is 6.36 Å². The third-order valence-electron chi connectivity index (χ3n) is 1.93. The second-order valence-corrected chi connectivity index (χ2v) is 2.99. The molecule has 0 N–H and O–H groups in total. The Hall–Kier alpha value is -1.93. The van der Waals surface area contributed by atoms with Gasteiger partial charge in [0.15, 0.2) is 0 Å². The Labute approximate surface area is 92.2 Å². The number of alkyl halides is 4. The summed E-state index contributed by atoms with van der Waals surface area (Å²) in [5.41, 5.74) is -1.51. The van der Waals surface area contributed by atoms with Gasteiger partial charge in [0.05, 0.1) is 10.5 Å². The van der Waals surface area contributed by atoms with Gasteiger partial charge in [0.1, 0.15) is 12.9 Å². The lowest BCUT2D eigenvalue weighted by molar-refractivity contribution is -0.386. The lowest BCUT2D eigenvalue weighted by Crippen LogP contribution is -2.19. The summed E-state index contributed by atoms with van der Waals surface area (Å²) in [6, 6.07) is 0. The highest BCUT2D eigenvalue weighted by Crippen LogP contribution is 2.31. The lowest BCUT2D eigenvalue weighted by Gasteiger charge is -2.11. The Bertz CT molecular complexity index is 447. The van der Waals surface area contributed by atoms with Gasteiger partial charge < -0.3 is 4.74 Å². The van der Waals surface area contributed by atoms with Crippen LogP contribution < -0.4 is 4.74 Å². The van der Waals surface area contributed by atoms with Crippen molar-refractivity contribution in [1.29, 1.82) is 0 Å². The third-order valence-corrected chi connectivity index (χ3v) is 1.93. The highest BCUT2D eigenvalue weighted by Gasteiger charge is 2.34. The van der Waals surface area contributed by atoms with Gasteiger partial charge in [-0.3, -0.25) is 10.1 Å². The number of nitro groups is 1. The van der Waals surface area contributed by atoms with E-state index in [4.69, 9.17) is 0 Å². The van der Waals surface area contributed by atoms with Crippen LogP contribution in [0.2, 0.25) is 0 Å². The van der Waals surface area contributed by atoms with Crippen LogP contribution in [0, 0.1) is 17.0 Å². The van der Waals surface area contributed by atoms with Gasteiger partial charge in [-0.15, -0.1) is 13.2 Å². The van der Waals surface area contributed by atoms with Gasteiger partial charge in [-0.2, -0.15) is 0 Å². The van der Waals surface area contributed by atoms with Crippen molar-refractivity contribution in [2.45, 2.75) is 20.0 Å². The average Bonchev–Trinajstić information content (AvgIpc) is 2.18. The van der Waals surface area contributed by atoms with E-state index in [0.717, 1.165) is 6.92 Å². The van der Waals surface area contributed by atoms with Crippen LogP contribution in [-0.4, -0.2) is 16.3 Å². The molecule has 94 valence electrons. The largest absolute Gasteiger partial charge is 0.574 e. The fourth-order valence-corrected chi connectivity index (χ4v) is 1.15. The third kappa shape index (κ3) is 3.02. The molecule has 0 fully saturated rings. The second-order valence-electron chi connectivity index (χ2n) is 2.99. The molecular weight excluding hydrogens is 248 g/mol. The molecule has 0 saturated carbocycles. The highest BCUT2D eigenvalue weighted by molar-refractivity contribution is 5.47. The van der Waals surface area contributed by atoms with Crippen molar-refractivity contribution in [1.82, 2.24) is 4.98 Å². The Balaban J connectivity index is 3.25. The molecule has 0 aliphatic carbocycles. The van der Waals surface area contributed by atoms with Crippen LogP contribution in [0.1, 0.15) is 11.1 Å². The first kappa shape index (κ1) is 13.1. The molecule has 0 amide bonds. The van der Waals surface area contributed by atoms with Crippen molar-refractivity contribution in [2.24, 2.45) is 0 Å². The first-order valence-corrected chi connectivity index (χ1v) is 4.21. The number of aromatic nitrogens is 1. The summed E-state index contributed by atoms with van der Waals surface area (Å²) in [5.74, 6) is -0.893. The maximum Gasteiger partial charge on any atom is 0.574 e. The van der Waals surface area contributed by atoms with E-state index in [-0.39, 0.29) is 5.56 Å². The zero-order valence-corrected chi connectivity index (χ0v) is 8.42. The van der Waals surface area contributed by atoms with E-state index >= 15 is 0 Å². The topological polar surface area (TPSA) is 65.3 Å². The molecule has 9 heteroatoms. The van der Waals surface area contributed by atoms with Crippen LogP contribution in [0.25, 0.3) is 0 Å². The molecule has 1 aromatic rings. The fourth-order valence-electron chi connectivity index (χ4n) is 1.15. The Morgan fingerprint density at radius 2 is 2.12 bits per heavy atom. The van der Waals surface area contributed by atoms with Crippen LogP contribution in [0.5, 0.6) is 5.88 Å². The van der Waals surface area contributed by atoms with Crippen molar-refractivity contribution >= 4 is 5.69 Å². The Kier molecular flexibility index (Phi) is 3.49. The summed E-state index contributed by atoms with van der Waals surface area (Å²) in [6.07, 6.45) is -4.45. The number of ether oxygens (including phenoxy) is 1. The molecule has 0 bridgehead atoms. The molecule has 0 spiro atoms. The van der Waals surface area contributed by atoms with E-state index < -0.39 is 35.1 Å². The first-order valence-electron chi connectivity index (χ1n) is 4.21. The summed E-state index contributed by atoms with van der Waals surface area (Å²) in [6.45, 7) is -0.213. The predicted octanol–water partition coefficient (Wildman–Crippen LogP) is 2.67. The number of hydrogen-bond donors (Lipinski definition) is 0. The Morgan fingerprint density at radius 3 is 2.53 bits per heavy atom. The van der Waals surface area contributed by atoms with E-state index in [1.807, 2.05) is 0 Å². The molecule has 0 saturated heterocycles. The molecule has 0 aliphatic rings. The molecule has 1 aromatic heterocycles. The quantitative estimate of drug-likeness (QED) is 0.472. The maximum absolute atomic E-state index is 12.6. The summed E-state index contributed by atoms with van der Waals surface area (Å²) < 4.78 is 51.8. The minimum absolute atomic E-state index is 0.348. The molecule has 17 heavy (non-hydrogen) atoms. The summed E-state index contributed by atoms with van der Waals surface area (Å²) in [4.78, 5) is 12.7. The monoisotopic (exact) mass is 254 g/mol. The molecule has 0 atom stereocenters. The number of halogens is 4. The van der Waals surface area contributed by atoms with E-state index in [0.29, 0.717) is 6.20 Å². The van der Waals surface area contributed by atoms with Crippen molar-refractivity contribution in [3.63, 3.8) is 0 Å². The van der Waals surface area contributed by atoms with Crippen molar-refractivity contribution < 1.29 is 27.2 Å². The lowest BCUT2D eigenvalue weighted by atomic mass is 10.1. The molecular formula is C8H6F4N2O3. The first-order chi connectivity index (χ1) is 7.76. The van der Waals surface area contributed by atoms with Gasteiger partial charge in [-0.25, -0.2) is 9.37 Å². The number of hydrogen-bond acceptors (Lipinski definition) is 4. The van der Waals surface area contributed by atoms with E-state index in [9.17, 15) is 27.7 Å². The minimum atomic E-state index is -4.98. The van der Waals surface area contributed by atoms with Crippen LogP contribution in [-0.2, 0) is 6.67 Å². The fraction of sp³-hybridized carbons (Fsp3) is 0.375. The normalized spacial score (nSPS) is 11.4. The van der Waals surface area contributed by atoms with Gasteiger partial charge in [0.25, 0.3) is 5.69 Å². The molecule has 0 aliphatic heterocycles. The molecule has 0 unspecified atom stereocenters. The van der Waals surface area contributed by atoms with Crippen molar-refractivity contribution in [3.05, 3.63) is 27.4 Å². The number of rotatable bonds is 3.